The van der Waals surface area contributed by atoms with Gasteiger partial charge in [-0.1, -0.05) is 36.4 Å². The third-order valence-electron chi connectivity index (χ3n) is 6.14. The molecule has 0 radical (unpaired) electrons. The van der Waals surface area contributed by atoms with Crippen LogP contribution >= 0.6 is 22.7 Å². The normalized spacial score (nSPS) is 12.9. The lowest BCUT2D eigenvalue weighted by Gasteiger charge is -2.18. The molecule has 0 spiro atoms. The Kier molecular flexibility index (Phi) is 5.12. The van der Waals surface area contributed by atoms with Gasteiger partial charge in [0.05, 0.1) is 22.4 Å². The van der Waals surface area contributed by atoms with Crippen molar-refractivity contribution in [1.29, 1.82) is 0 Å². The second-order valence-corrected chi connectivity index (χ2v) is 10.2. The molecule has 0 atom stereocenters. The fraction of sp³-hybridized carbons (Fsp3) is 0.154. The van der Waals surface area contributed by atoms with Crippen molar-refractivity contribution in [3.8, 4) is 22.4 Å². The molecule has 8 heteroatoms. The molecule has 0 aliphatic carbocycles. The maximum atomic E-state index is 13.3. The van der Waals surface area contributed by atoms with Gasteiger partial charge in [0.2, 0.25) is 5.91 Å². The zero-order valence-corrected chi connectivity index (χ0v) is 20.0. The summed E-state index contributed by atoms with van der Waals surface area (Å²) in [6.45, 7) is 2.55. The van der Waals surface area contributed by atoms with E-state index in [4.69, 9.17) is 0 Å². The van der Waals surface area contributed by atoms with Crippen LogP contribution in [0, 0.1) is 6.92 Å². The number of thiazole rings is 1. The Labute approximate surface area is 203 Å². The molecule has 0 fully saturated rings. The van der Waals surface area contributed by atoms with Crippen LogP contribution < -0.4 is 10.5 Å². The van der Waals surface area contributed by atoms with Gasteiger partial charge in [-0.25, -0.2) is 9.97 Å². The summed E-state index contributed by atoms with van der Waals surface area (Å²) >= 11 is 3.07. The summed E-state index contributed by atoms with van der Waals surface area (Å²) in [5, 5.41) is 5.61. The van der Waals surface area contributed by atoms with Crippen molar-refractivity contribution in [3.63, 3.8) is 0 Å². The van der Waals surface area contributed by atoms with E-state index < -0.39 is 0 Å². The lowest BCUT2D eigenvalue weighted by molar-refractivity contribution is -0.119. The van der Waals surface area contributed by atoms with Crippen LogP contribution in [0.3, 0.4) is 0 Å². The molecule has 5 aromatic rings. The van der Waals surface area contributed by atoms with Crippen molar-refractivity contribution in [1.82, 2.24) is 14.5 Å². The largest absolute Gasteiger partial charge is 0.310 e. The first-order valence-corrected chi connectivity index (χ1v) is 12.7. The second kappa shape index (κ2) is 8.30. The Balaban J connectivity index is 1.29. The number of nitrogens with zero attached hydrogens (tertiary/aromatic N) is 4. The van der Waals surface area contributed by atoms with Gasteiger partial charge in [-0.2, -0.15) is 0 Å². The maximum absolute atomic E-state index is 13.3. The first kappa shape index (κ1) is 20.9. The minimum Gasteiger partial charge on any atom is -0.310 e. The molecule has 2 aromatic carbocycles. The highest BCUT2D eigenvalue weighted by atomic mass is 32.1. The molecule has 6 nitrogen and oxygen atoms in total. The lowest BCUT2D eigenvalue weighted by Crippen LogP contribution is -2.35. The fourth-order valence-corrected chi connectivity index (χ4v) is 5.99. The molecule has 6 rings (SSSR count). The van der Waals surface area contributed by atoms with Crippen LogP contribution in [0.4, 0.5) is 5.69 Å². The Morgan fingerprint density at radius 3 is 2.71 bits per heavy atom. The quantitative estimate of drug-likeness (QED) is 0.354. The van der Waals surface area contributed by atoms with Crippen LogP contribution in [0.1, 0.15) is 10.6 Å². The van der Waals surface area contributed by atoms with Gasteiger partial charge in [0, 0.05) is 34.1 Å². The van der Waals surface area contributed by atoms with E-state index in [-0.39, 0.29) is 18.0 Å². The molecule has 1 aliphatic rings. The van der Waals surface area contributed by atoms with Crippen LogP contribution in [0.15, 0.2) is 70.4 Å². The van der Waals surface area contributed by atoms with Crippen LogP contribution in [-0.4, -0.2) is 27.0 Å². The molecule has 34 heavy (non-hydrogen) atoms. The Hall–Kier alpha value is -3.62. The topological polar surface area (TPSA) is 68.1 Å². The van der Waals surface area contributed by atoms with Gasteiger partial charge in [-0.05, 0) is 36.6 Å². The van der Waals surface area contributed by atoms with Crippen molar-refractivity contribution in [2.75, 3.05) is 11.4 Å². The highest BCUT2D eigenvalue weighted by Gasteiger charge is 2.26. The predicted octanol–water partition coefficient (Wildman–Crippen LogP) is 5.15. The summed E-state index contributed by atoms with van der Waals surface area (Å²) in [4.78, 5) is 38.1. The minimum absolute atomic E-state index is 0.0433. The van der Waals surface area contributed by atoms with Gasteiger partial charge in [-0.15, -0.1) is 22.7 Å². The average molecular weight is 485 g/mol. The molecule has 0 unspecified atom stereocenters. The summed E-state index contributed by atoms with van der Waals surface area (Å²) < 4.78 is 1.42. The van der Waals surface area contributed by atoms with Gasteiger partial charge in [0.25, 0.3) is 5.56 Å². The Morgan fingerprint density at radius 1 is 1.06 bits per heavy atom. The summed E-state index contributed by atoms with van der Waals surface area (Å²) in [5.74, 6) is -0.115. The van der Waals surface area contributed by atoms with Gasteiger partial charge in [0.15, 0.2) is 0 Å². The van der Waals surface area contributed by atoms with E-state index in [0.29, 0.717) is 16.8 Å². The zero-order chi connectivity index (χ0) is 23.2. The van der Waals surface area contributed by atoms with Crippen molar-refractivity contribution < 1.29 is 4.79 Å². The van der Waals surface area contributed by atoms with Crippen LogP contribution in [0.25, 0.3) is 32.6 Å². The number of aromatic nitrogens is 3. The van der Waals surface area contributed by atoms with E-state index in [1.54, 1.807) is 16.2 Å². The molecule has 4 heterocycles. The molecule has 1 amide bonds. The number of fused-ring (bicyclic) bond motifs is 2. The van der Waals surface area contributed by atoms with Crippen molar-refractivity contribution in [2.24, 2.45) is 0 Å². The molecule has 168 valence electrons. The molecule has 0 saturated carbocycles. The summed E-state index contributed by atoms with van der Waals surface area (Å²) in [6.07, 6.45) is 2.27. The summed E-state index contributed by atoms with van der Waals surface area (Å²) in [5.41, 5.74) is 5.70. The van der Waals surface area contributed by atoms with E-state index in [0.717, 1.165) is 45.1 Å². The number of thiophene rings is 1. The fourth-order valence-electron chi connectivity index (χ4n) is 4.46. The molecular formula is C26H20N4O2S2. The zero-order valence-electron chi connectivity index (χ0n) is 18.4. The average Bonchev–Trinajstić information content (AvgIpc) is 3.59. The van der Waals surface area contributed by atoms with Crippen molar-refractivity contribution in [2.45, 2.75) is 19.9 Å². The van der Waals surface area contributed by atoms with Crippen LogP contribution in [0.5, 0.6) is 0 Å². The highest BCUT2D eigenvalue weighted by Crippen LogP contribution is 2.33. The third-order valence-corrected chi connectivity index (χ3v) is 7.80. The SMILES string of the molecule is Cc1nc(-c2ccc3c(c2)CCN3C(=O)Cn2cnc3scc(-c4ccccc4)c3c2=O)cs1. The number of anilines is 1. The molecule has 3 aromatic heterocycles. The highest BCUT2D eigenvalue weighted by molar-refractivity contribution is 7.17. The number of hydrogen-bond acceptors (Lipinski definition) is 6. The van der Waals surface area contributed by atoms with Crippen LogP contribution in [-0.2, 0) is 17.8 Å². The Morgan fingerprint density at radius 2 is 1.91 bits per heavy atom. The monoisotopic (exact) mass is 484 g/mol. The van der Waals surface area contributed by atoms with Gasteiger partial charge >= 0.3 is 0 Å². The van der Waals surface area contributed by atoms with Gasteiger partial charge in [0.1, 0.15) is 11.4 Å². The number of rotatable bonds is 4. The maximum Gasteiger partial charge on any atom is 0.263 e. The third kappa shape index (κ3) is 3.55. The summed E-state index contributed by atoms with van der Waals surface area (Å²) in [6, 6.07) is 15.9. The molecular weight excluding hydrogens is 464 g/mol. The number of carbonyl (C=O) groups excluding carboxylic acids is 1. The molecule has 1 aliphatic heterocycles. The van der Waals surface area contributed by atoms with Gasteiger partial charge in [-0.3, -0.25) is 14.2 Å². The molecule has 0 N–H and O–H groups in total. The molecule has 0 bridgehead atoms. The Bertz CT molecular complexity index is 1600. The summed E-state index contributed by atoms with van der Waals surface area (Å²) in [7, 11) is 0. The lowest BCUT2D eigenvalue weighted by atomic mass is 10.1. The smallest absolute Gasteiger partial charge is 0.263 e. The molecule has 0 saturated heterocycles. The number of carbonyl (C=O) groups is 1. The van der Waals surface area contributed by atoms with E-state index in [9.17, 15) is 9.59 Å². The second-order valence-electron chi connectivity index (χ2n) is 8.26. The number of aryl methyl sites for hydroxylation is 1. The van der Waals surface area contributed by atoms with Crippen molar-refractivity contribution >= 4 is 44.5 Å². The number of amides is 1. The van der Waals surface area contributed by atoms with E-state index in [1.165, 1.54) is 22.2 Å². The number of benzene rings is 2. The van der Waals surface area contributed by atoms with E-state index in [2.05, 4.69) is 21.4 Å². The van der Waals surface area contributed by atoms with Crippen LogP contribution in [0.2, 0.25) is 0 Å². The van der Waals surface area contributed by atoms with E-state index >= 15 is 0 Å². The minimum atomic E-state index is -0.188. The number of hydrogen-bond donors (Lipinski definition) is 0. The van der Waals surface area contributed by atoms with Gasteiger partial charge < -0.3 is 4.90 Å². The standard InChI is InChI=1S/C26H20N4O2S2/c1-16-28-21(14-33-16)18-7-8-22-19(11-18)9-10-30(22)23(31)12-29-15-27-25-24(26(29)32)20(13-34-25)17-5-3-2-4-6-17/h2-8,11,13-15H,9-10,12H2,1H3. The van der Waals surface area contributed by atoms with Crippen molar-refractivity contribution in [3.05, 3.63) is 86.5 Å². The van der Waals surface area contributed by atoms with E-state index in [1.807, 2.05) is 54.8 Å². The first-order valence-electron chi connectivity index (χ1n) is 11.0. The predicted molar refractivity (Wildman–Crippen MR) is 138 cm³/mol. The first-order chi connectivity index (χ1) is 16.6.